The molecule has 0 unspecified atom stereocenters. The summed E-state index contributed by atoms with van der Waals surface area (Å²) in [6, 6.07) is 19.7. The van der Waals surface area contributed by atoms with Gasteiger partial charge < -0.3 is 19.5 Å². The smallest absolute Gasteiger partial charge is 0.325 e. The van der Waals surface area contributed by atoms with Crippen molar-refractivity contribution in [3.63, 3.8) is 0 Å². The van der Waals surface area contributed by atoms with Gasteiger partial charge in [0.15, 0.2) is 0 Å². The number of carbonyl (C=O) groups excluding carboxylic acids is 1. The van der Waals surface area contributed by atoms with Crippen molar-refractivity contribution in [1.82, 2.24) is 0 Å². The average Bonchev–Trinajstić information content (AvgIpc) is 2.70. The maximum atomic E-state index is 11.5. The van der Waals surface area contributed by atoms with Crippen molar-refractivity contribution in [2.24, 2.45) is 0 Å². The van der Waals surface area contributed by atoms with Crippen LogP contribution < -0.4 is 14.8 Å². The van der Waals surface area contributed by atoms with Crippen molar-refractivity contribution in [3.8, 4) is 11.5 Å². The summed E-state index contributed by atoms with van der Waals surface area (Å²) in [6.45, 7) is 0.503. The summed E-state index contributed by atoms with van der Waals surface area (Å²) in [5.41, 5.74) is 1.80. The van der Waals surface area contributed by atoms with Gasteiger partial charge in [-0.3, -0.25) is 4.79 Å². The van der Waals surface area contributed by atoms with Gasteiger partial charge in [-0.1, -0.05) is 36.4 Å². The van der Waals surface area contributed by atoms with Crippen molar-refractivity contribution in [3.05, 3.63) is 66.2 Å². The lowest BCUT2D eigenvalue weighted by Crippen LogP contribution is -2.15. The van der Waals surface area contributed by atoms with Crippen LogP contribution in [0.5, 0.6) is 11.5 Å². The Labute approximate surface area is 152 Å². The second kappa shape index (κ2) is 8.25. The summed E-state index contributed by atoms with van der Waals surface area (Å²) in [4.78, 5) is 11.5. The molecule has 3 aromatic rings. The van der Waals surface area contributed by atoms with E-state index in [2.05, 4.69) is 5.32 Å². The molecule has 134 valence electrons. The summed E-state index contributed by atoms with van der Waals surface area (Å²) in [5.74, 6) is 1.11. The van der Waals surface area contributed by atoms with Gasteiger partial charge in [0.2, 0.25) is 0 Å². The summed E-state index contributed by atoms with van der Waals surface area (Å²) in [7, 11) is 3.00. The third kappa shape index (κ3) is 4.25. The van der Waals surface area contributed by atoms with E-state index in [1.54, 1.807) is 7.11 Å². The van der Waals surface area contributed by atoms with Crippen LogP contribution in [0.2, 0.25) is 0 Å². The first-order valence-electron chi connectivity index (χ1n) is 8.29. The molecule has 0 saturated heterocycles. The molecule has 0 saturated carbocycles. The molecule has 0 radical (unpaired) electrons. The van der Waals surface area contributed by atoms with E-state index in [4.69, 9.17) is 14.2 Å². The summed E-state index contributed by atoms with van der Waals surface area (Å²) >= 11 is 0. The molecule has 5 nitrogen and oxygen atoms in total. The molecule has 0 aliphatic rings. The van der Waals surface area contributed by atoms with Crippen LogP contribution in [0.3, 0.4) is 0 Å². The molecule has 1 N–H and O–H groups in total. The van der Waals surface area contributed by atoms with Crippen LogP contribution in [0.4, 0.5) is 5.69 Å². The lowest BCUT2D eigenvalue weighted by atomic mass is 10.1. The maximum Gasteiger partial charge on any atom is 0.325 e. The molecule has 0 fully saturated rings. The summed E-state index contributed by atoms with van der Waals surface area (Å²) in [6.07, 6.45) is 0. The molecule has 0 spiro atoms. The first-order chi connectivity index (χ1) is 12.7. The van der Waals surface area contributed by atoms with Crippen LogP contribution in [-0.4, -0.2) is 26.7 Å². The molecule has 5 heteroatoms. The number of anilines is 1. The molecule has 0 aliphatic heterocycles. The number of hydrogen-bond donors (Lipinski definition) is 1. The van der Waals surface area contributed by atoms with Crippen LogP contribution in [0.25, 0.3) is 10.8 Å². The molecule has 0 atom stereocenters. The Bertz CT molecular complexity index is 893. The zero-order valence-electron chi connectivity index (χ0n) is 14.8. The van der Waals surface area contributed by atoms with Crippen LogP contribution >= 0.6 is 0 Å². The van der Waals surface area contributed by atoms with E-state index in [9.17, 15) is 4.79 Å². The SMILES string of the molecule is COC(=O)CNc1cc2cc(OC)ccc2cc1OCc1ccccc1. The number of fused-ring (bicyclic) bond motifs is 1. The third-order valence-corrected chi connectivity index (χ3v) is 4.03. The normalized spacial score (nSPS) is 10.4. The number of carbonyl (C=O) groups is 1. The van der Waals surface area contributed by atoms with Crippen LogP contribution in [-0.2, 0) is 16.1 Å². The van der Waals surface area contributed by atoms with Crippen LogP contribution in [0.1, 0.15) is 5.56 Å². The van der Waals surface area contributed by atoms with E-state index in [0.29, 0.717) is 12.4 Å². The fourth-order valence-electron chi connectivity index (χ4n) is 2.61. The highest BCUT2D eigenvalue weighted by Gasteiger charge is 2.10. The topological polar surface area (TPSA) is 56.8 Å². The summed E-state index contributed by atoms with van der Waals surface area (Å²) in [5, 5.41) is 5.10. The minimum Gasteiger partial charge on any atom is -0.497 e. The molecule has 0 aliphatic carbocycles. The average molecular weight is 351 g/mol. The number of ether oxygens (including phenoxy) is 3. The predicted octanol–water partition coefficient (Wildman–Crippen LogP) is 4.01. The quantitative estimate of drug-likeness (QED) is 0.652. The first kappa shape index (κ1) is 17.6. The number of benzene rings is 3. The molecule has 3 rings (SSSR count). The fourth-order valence-corrected chi connectivity index (χ4v) is 2.61. The van der Waals surface area contributed by atoms with Crippen molar-refractivity contribution < 1.29 is 19.0 Å². The first-order valence-corrected chi connectivity index (χ1v) is 8.29. The van der Waals surface area contributed by atoms with Crippen molar-refractivity contribution in [2.75, 3.05) is 26.1 Å². The molecule has 0 heterocycles. The number of nitrogens with one attached hydrogen (secondary N) is 1. The van der Waals surface area contributed by atoms with Gasteiger partial charge in [0.05, 0.1) is 19.9 Å². The second-order valence-corrected chi connectivity index (χ2v) is 5.77. The predicted molar refractivity (Wildman–Crippen MR) is 102 cm³/mol. The lowest BCUT2D eigenvalue weighted by molar-refractivity contribution is -0.138. The number of hydrogen-bond acceptors (Lipinski definition) is 5. The highest BCUT2D eigenvalue weighted by Crippen LogP contribution is 2.33. The van der Waals surface area contributed by atoms with Gasteiger partial charge in [-0.05, 0) is 40.6 Å². The maximum absolute atomic E-state index is 11.5. The Kier molecular flexibility index (Phi) is 5.59. The largest absolute Gasteiger partial charge is 0.497 e. The molecule has 26 heavy (non-hydrogen) atoms. The Morgan fingerprint density at radius 1 is 0.962 bits per heavy atom. The van der Waals surface area contributed by atoms with Gasteiger partial charge in [0.1, 0.15) is 24.7 Å². The minimum atomic E-state index is -0.343. The van der Waals surface area contributed by atoms with E-state index in [-0.39, 0.29) is 12.5 Å². The Morgan fingerprint density at radius 2 is 1.77 bits per heavy atom. The monoisotopic (exact) mass is 351 g/mol. The van der Waals surface area contributed by atoms with E-state index in [1.165, 1.54) is 7.11 Å². The van der Waals surface area contributed by atoms with Gasteiger partial charge in [0.25, 0.3) is 0 Å². The Hall–Kier alpha value is -3.21. The van der Waals surface area contributed by atoms with Crippen molar-refractivity contribution in [2.45, 2.75) is 6.61 Å². The Morgan fingerprint density at radius 3 is 2.50 bits per heavy atom. The van der Waals surface area contributed by atoms with Crippen LogP contribution in [0.15, 0.2) is 60.7 Å². The van der Waals surface area contributed by atoms with Gasteiger partial charge >= 0.3 is 5.97 Å². The van der Waals surface area contributed by atoms with Crippen LogP contribution in [0, 0.1) is 0 Å². The fraction of sp³-hybridized carbons (Fsp3) is 0.190. The van der Waals surface area contributed by atoms with E-state index in [0.717, 1.165) is 27.8 Å². The van der Waals surface area contributed by atoms with Crippen molar-refractivity contribution >= 4 is 22.4 Å². The zero-order valence-corrected chi connectivity index (χ0v) is 14.8. The molecule has 3 aromatic carbocycles. The van der Waals surface area contributed by atoms with Gasteiger partial charge in [0, 0.05) is 0 Å². The minimum absolute atomic E-state index is 0.0632. The molecule has 0 amide bonds. The highest BCUT2D eigenvalue weighted by molar-refractivity contribution is 5.90. The van der Waals surface area contributed by atoms with E-state index < -0.39 is 0 Å². The van der Waals surface area contributed by atoms with Gasteiger partial charge in [-0.25, -0.2) is 0 Å². The third-order valence-electron chi connectivity index (χ3n) is 4.03. The standard InChI is InChI=1S/C21H21NO4/c1-24-18-9-8-16-12-20(26-14-15-6-4-3-5-7-15)19(11-17(16)10-18)22-13-21(23)25-2/h3-12,22H,13-14H2,1-2H3. The number of rotatable bonds is 7. The molecule has 0 aromatic heterocycles. The van der Waals surface area contributed by atoms with Gasteiger partial charge in [-0.15, -0.1) is 0 Å². The number of esters is 1. The molecular formula is C21H21NO4. The van der Waals surface area contributed by atoms with Gasteiger partial charge in [-0.2, -0.15) is 0 Å². The zero-order chi connectivity index (χ0) is 18.4. The van der Waals surface area contributed by atoms with Crippen molar-refractivity contribution in [1.29, 1.82) is 0 Å². The van der Waals surface area contributed by atoms with E-state index in [1.807, 2.05) is 60.7 Å². The lowest BCUT2D eigenvalue weighted by Gasteiger charge is -2.15. The second-order valence-electron chi connectivity index (χ2n) is 5.77. The summed E-state index contributed by atoms with van der Waals surface area (Å²) < 4.78 is 16.0. The molecular weight excluding hydrogens is 330 g/mol. The Balaban J connectivity index is 1.90. The highest BCUT2D eigenvalue weighted by atomic mass is 16.5. The van der Waals surface area contributed by atoms with E-state index >= 15 is 0 Å². The molecule has 0 bridgehead atoms. The number of methoxy groups -OCH3 is 2.